The Hall–Kier alpha value is -0.480. The number of hydrogen-bond donors (Lipinski definition) is 0. The minimum absolute atomic E-state index is 0.305. The van der Waals surface area contributed by atoms with Crippen molar-refractivity contribution in [3.63, 3.8) is 0 Å². The molecule has 0 amide bonds. The maximum Gasteiger partial charge on any atom is 0.137 e. The summed E-state index contributed by atoms with van der Waals surface area (Å²) in [4.78, 5) is -0.572. The van der Waals surface area contributed by atoms with Gasteiger partial charge in [0, 0.05) is 5.92 Å². The lowest BCUT2D eigenvalue weighted by atomic mass is 9.69. The number of rotatable bonds is 0. The molecule has 1 nitrogen and oxygen atoms in total. The third-order valence-electron chi connectivity index (χ3n) is 2.80. The fourth-order valence-corrected chi connectivity index (χ4v) is 2.47. The van der Waals surface area contributed by atoms with Crippen LogP contribution in [0.3, 0.4) is 0 Å². The summed E-state index contributed by atoms with van der Waals surface area (Å²) in [5.41, 5.74) is 0. The maximum absolute atomic E-state index is 8.86. The number of alkyl halides is 1. The van der Waals surface area contributed by atoms with E-state index in [1.165, 1.54) is 6.42 Å². The van der Waals surface area contributed by atoms with Crippen molar-refractivity contribution in [3.05, 3.63) is 12.2 Å². The van der Waals surface area contributed by atoms with E-state index in [-0.39, 0.29) is 0 Å². The van der Waals surface area contributed by atoms with Gasteiger partial charge in [0.1, 0.15) is 4.87 Å². The van der Waals surface area contributed by atoms with Gasteiger partial charge in [0.2, 0.25) is 0 Å². The van der Waals surface area contributed by atoms with E-state index in [4.69, 9.17) is 16.9 Å². The molecule has 1 saturated carbocycles. The van der Waals surface area contributed by atoms with Crippen molar-refractivity contribution in [2.75, 3.05) is 0 Å². The van der Waals surface area contributed by atoms with E-state index in [9.17, 15) is 0 Å². The molecule has 3 aliphatic carbocycles. The van der Waals surface area contributed by atoms with Crippen molar-refractivity contribution in [1.29, 1.82) is 5.26 Å². The Labute approximate surface area is 71.7 Å². The zero-order valence-electron chi connectivity index (χ0n) is 6.26. The Morgan fingerprint density at radius 3 is 2.55 bits per heavy atom. The summed E-state index contributed by atoms with van der Waals surface area (Å²) in [6.07, 6.45) is 7.50. The molecule has 0 aliphatic heterocycles. The van der Waals surface area contributed by atoms with Gasteiger partial charge in [-0.05, 0) is 25.2 Å². The normalized spacial score (nSPS) is 47.3. The van der Waals surface area contributed by atoms with Crippen LogP contribution in [-0.4, -0.2) is 4.87 Å². The van der Waals surface area contributed by atoms with Gasteiger partial charge in [-0.2, -0.15) is 5.26 Å². The van der Waals surface area contributed by atoms with Gasteiger partial charge in [0.25, 0.3) is 0 Å². The van der Waals surface area contributed by atoms with Crippen LogP contribution in [0.5, 0.6) is 0 Å². The predicted octanol–water partition coefficient (Wildman–Crippen LogP) is 2.47. The lowest BCUT2D eigenvalue weighted by Crippen LogP contribution is -2.39. The average Bonchev–Trinajstić information content (AvgIpc) is 2.06. The van der Waals surface area contributed by atoms with Crippen molar-refractivity contribution < 1.29 is 0 Å². The lowest BCUT2D eigenvalue weighted by Gasteiger charge is -2.39. The fraction of sp³-hybridized carbons (Fsp3) is 0.667. The topological polar surface area (TPSA) is 23.8 Å². The number of hydrogen-bond acceptors (Lipinski definition) is 1. The van der Waals surface area contributed by atoms with E-state index in [1.54, 1.807) is 0 Å². The molecule has 3 aliphatic rings. The molecule has 3 atom stereocenters. The van der Waals surface area contributed by atoms with Crippen molar-refractivity contribution in [2.24, 2.45) is 11.8 Å². The Balaban J connectivity index is 2.32. The summed E-state index contributed by atoms with van der Waals surface area (Å²) in [5, 5.41) is 8.86. The van der Waals surface area contributed by atoms with Gasteiger partial charge in [-0.1, -0.05) is 12.2 Å². The molecule has 2 bridgehead atoms. The van der Waals surface area contributed by atoms with Crippen molar-refractivity contribution >= 4 is 11.6 Å². The molecule has 0 radical (unpaired) electrons. The molecule has 3 rings (SSSR count). The van der Waals surface area contributed by atoms with E-state index in [1.807, 2.05) is 0 Å². The first-order chi connectivity index (χ1) is 5.24. The number of allylic oxidation sites excluding steroid dienone is 2. The van der Waals surface area contributed by atoms with Crippen LogP contribution >= 0.6 is 11.6 Å². The quantitative estimate of drug-likeness (QED) is 0.402. The van der Waals surface area contributed by atoms with Gasteiger partial charge >= 0.3 is 0 Å². The highest BCUT2D eigenvalue weighted by Gasteiger charge is 2.43. The first-order valence-electron chi connectivity index (χ1n) is 4.03. The second-order valence-electron chi connectivity index (χ2n) is 3.51. The second-order valence-corrected chi connectivity index (χ2v) is 4.18. The van der Waals surface area contributed by atoms with Crippen LogP contribution in [0.15, 0.2) is 12.2 Å². The molecule has 58 valence electrons. The molecule has 0 spiro atoms. The maximum atomic E-state index is 8.86. The van der Waals surface area contributed by atoms with Gasteiger partial charge in [0.05, 0.1) is 6.07 Å². The number of halogens is 1. The lowest BCUT2D eigenvalue weighted by molar-refractivity contribution is 0.290. The minimum Gasteiger partial charge on any atom is -0.196 e. The van der Waals surface area contributed by atoms with Crippen LogP contribution in [0, 0.1) is 23.2 Å². The Morgan fingerprint density at radius 1 is 1.45 bits per heavy atom. The van der Waals surface area contributed by atoms with Crippen molar-refractivity contribution in [1.82, 2.24) is 0 Å². The molecular weight excluding hydrogens is 158 g/mol. The third-order valence-corrected chi connectivity index (χ3v) is 3.32. The highest BCUT2D eigenvalue weighted by atomic mass is 35.5. The van der Waals surface area contributed by atoms with E-state index < -0.39 is 4.87 Å². The van der Waals surface area contributed by atoms with Crippen LogP contribution in [0.25, 0.3) is 0 Å². The van der Waals surface area contributed by atoms with Crippen molar-refractivity contribution in [3.8, 4) is 6.07 Å². The molecule has 0 heterocycles. The van der Waals surface area contributed by atoms with E-state index in [2.05, 4.69) is 18.2 Å². The zero-order chi connectivity index (χ0) is 7.90. The molecule has 0 aromatic rings. The molecule has 0 N–H and O–H groups in total. The van der Waals surface area contributed by atoms with E-state index in [0.717, 1.165) is 12.8 Å². The number of nitrogens with zero attached hydrogens (tertiary/aromatic N) is 1. The van der Waals surface area contributed by atoms with Crippen LogP contribution in [0.1, 0.15) is 19.3 Å². The SMILES string of the molecule is N#C[C@@]1(Cl)C[C@H]2C=C[C@@H]1CC2. The van der Waals surface area contributed by atoms with E-state index >= 15 is 0 Å². The third kappa shape index (κ3) is 0.973. The summed E-state index contributed by atoms with van der Waals surface area (Å²) in [5.74, 6) is 0.872. The molecule has 0 aromatic carbocycles. The highest BCUT2D eigenvalue weighted by Crippen LogP contribution is 2.46. The van der Waals surface area contributed by atoms with Gasteiger partial charge in [-0.25, -0.2) is 0 Å². The van der Waals surface area contributed by atoms with Gasteiger partial charge in [-0.15, -0.1) is 11.6 Å². The fourth-order valence-electron chi connectivity index (χ4n) is 2.09. The van der Waals surface area contributed by atoms with Crippen LogP contribution in [0.2, 0.25) is 0 Å². The highest BCUT2D eigenvalue weighted by molar-refractivity contribution is 6.26. The van der Waals surface area contributed by atoms with Gasteiger partial charge in [0.15, 0.2) is 0 Å². The number of fused-ring (bicyclic) bond motifs is 2. The minimum atomic E-state index is -0.572. The standard InChI is InChI=1S/C9H10ClN/c10-9(6-11)5-7-1-3-8(9)4-2-7/h1,3,7-8H,2,4-5H2/t7-,8+,9-/m0/s1. The molecule has 0 aromatic heterocycles. The Bertz CT molecular complexity index is 240. The molecule has 11 heavy (non-hydrogen) atoms. The number of nitriles is 1. The van der Waals surface area contributed by atoms with Gasteiger partial charge < -0.3 is 0 Å². The molecule has 2 heteroatoms. The summed E-state index contributed by atoms with van der Waals surface area (Å²) >= 11 is 6.14. The van der Waals surface area contributed by atoms with Crippen molar-refractivity contribution in [2.45, 2.75) is 24.1 Å². The monoisotopic (exact) mass is 167 g/mol. The summed E-state index contributed by atoms with van der Waals surface area (Å²) in [6, 6.07) is 2.23. The largest absolute Gasteiger partial charge is 0.196 e. The van der Waals surface area contributed by atoms with Crippen LogP contribution in [0.4, 0.5) is 0 Å². The van der Waals surface area contributed by atoms with Crippen LogP contribution < -0.4 is 0 Å². The zero-order valence-corrected chi connectivity index (χ0v) is 7.01. The smallest absolute Gasteiger partial charge is 0.137 e. The van der Waals surface area contributed by atoms with Gasteiger partial charge in [-0.3, -0.25) is 0 Å². The summed E-state index contributed by atoms with van der Waals surface area (Å²) in [6.45, 7) is 0. The summed E-state index contributed by atoms with van der Waals surface area (Å²) < 4.78 is 0. The molecule has 0 saturated heterocycles. The first kappa shape index (κ1) is 7.18. The summed E-state index contributed by atoms with van der Waals surface area (Å²) in [7, 11) is 0. The Kier molecular flexibility index (Phi) is 1.47. The molecule has 1 fully saturated rings. The predicted molar refractivity (Wildman–Crippen MR) is 44.2 cm³/mol. The van der Waals surface area contributed by atoms with Crippen LogP contribution in [-0.2, 0) is 0 Å². The second kappa shape index (κ2) is 2.25. The van der Waals surface area contributed by atoms with E-state index in [0.29, 0.717) is 11.8 Å². The first-order valence-corrected chi connectivity index (χ1v) is 4.41. The average molecular weight is 168 g/mol. The Morgan fingerprint density at radius 2 is 2.27 bits per heavy atom. The molecule has 0 unspecified atom stereocenters. The molecular formula is C9H10ClN.